The lowest BCUT2D eigenvalue weighted by Gasteiger charge is -2.08. The predicted molar refractivity (Wildman–Crippen MR) is 86.9 cm³/mol. The highest BCUT2D eigenvalue weighted by atomic mass is 32.2. The Kier molecular flexibility index (Phi) is 4.48. The summed E-state index contributed by atoms with van der Waals surface area (Å²) in [7, 11) is 0.370. The van der Waals surface area contributed by atoms with Gasteiger partial charge in [-0.25, -0.2) is 8.42 Å². The first-order chi connectivity index (χ1) is 9.70. The number of nitrogens with one attached hydrogen (secondary N) is 1. The van der Waals surface area contributed by atoms with Gasteiger partial charge in [0.15, 0.2) is 0 Å². The molecule has 0 aromatic carbocycles. The van der Waals surface area contributed by atoms with Gasteiger partial charge in [0.05, 0.1) is 16.4 Å². The number of hydrogen-bond donors (Lipinski definition) is 2. The fourth-order valence-corrected chi connectivity index (χ4v) is 3.80. The van der Waals surface area contributed by atoms with Crippen molar-refractivity contribution in [1.29, 1.82) is 0 Å². The van der Waals surface area contributed by atoms with Gasteiger partial charge in [0.25, 0.3) is 5.91 Å². The second-order valence-electron chi connectivity index (χ2n) is 5.62. The van der Waals surface area contributed by atoms with E-state index in [1.54, 1.807) is 14.1 Å². The highest BCUT2D eigenvalue weighted by Crippen LogP contribution is 2.50. The van der Waals surface area contributed by atoms with Crippen molar-refractivity contribution in [2.75, 3.05) is 43.7 Å². The van der Waals surface area contributed by atoms with Crippen molar-refractivity contribution in [1.82, 2.24) is 4.90 Å². The second-order valence-corrected chi connectivity index (χ2v) is 8.90. The molecule has 0 saturated heterocycles. The number of sulfone groups is 1. The summed E-state index contributed by atoms with van der Waals surface area (Å²) in [6, 6.07) is 0. The van der Waals surface area contributed by atoms with Gasteiger partial charge < -0.3 is 16.0 Å². The Morgan fingerprint density at radius 1 is 1.43 bits per heavy atom. The molecule has 1 aromatic heterocycles. The molecule has 3 N–H and O–H groups in total. The first kappa shape index (κ1) is 16.1. The SMILES string of the molecule is CN(C)C(=O)c1sc(NCCS(C)(=O)=O)c(C2CC2)c1N. The standard InChI is InChI=1S/C13H21N3O3S2/c1-16(2)13(17)11-10(14)9(8-4-5-8)12(20-11)15-6-7-21(3,18)19/h8,15H,4-7,14H2,1-3H3. The van der Waals surface area contributed by atoms with E-state index in [0.29, 0.717) is 23.0 Å². The second kappa shape index (κ2) is 5.84. The number of carbonyl (C=O) groups excluding carboxylic acids is 1. The zero-order valence-corrected chi connectivity index (χ0v) is 14.1. The van der Waals surface area contributed by atoms with Crippen molar-refractivity contribution in [2.45, 2.75) is 18.8 Å². The van der Waals surface area contributed by atoms with Crippen LogP contribution in [0.4, 0.5) is 10.7 Å². The minimum absolute atomic E-state index is 0.0614. The van der Waals surface area contributed by atoms with Crippen molar-refractivity contribution >= 4 is 37.8 Å². The van der Waals surface area contributed by atoms with E-state index < -0.39 is 9.84 Å². The number of hydrogen-bond acceptors (Lipinski definition) is 6. The lowest BCUT2D eigenvalue weighted by Crippen LogP contribution is -2.21. The van der Waals surface area contributed by atoms with Crippen LogP contribution in [0.2, 0.25) is 0 Å². The molecular weight excluding hydrogens is 310 g/mol. The molecule has 1 amide bonds. The average molecular weight is 331 g/mol. The first-order valence-corrected chi connectivity index (χ1v) is 9.64. The molecule has 8 heteroatoms. The third kappa shape index (κ3) is 3.88. The van der Waals surface area contributed by atoms with Crippen molar-refractivity contribution in [2.24, 2.45) is 0 Å². The van der Waals surface area contributed by atoms with Crippen LogP contribution < -0.4 is 11.1 Å². The number of nitrogens with two attached hydrogens (primary N) is 1. The maximum atomic E-state index is 12.1. The molecule has 118 valence electrons. The summed E-state index contributed by atoms with van der Waals surface area (Å²) in [5.41, 5.74) is 7.68. The summed E-state index contributed by atoms with van der Waals surface area (Å²) in [6.07, 6.45) is 3.34. The topological polar surface area (TPSA) is 92.5 Å². The van der Waals surface area contributed by atoms with E-state index in [9.17, 15) is 13.2 Å². The lowest BCUT2D eigenvalue weighted by molar-refractivity contribution is 0.0833. The van der Waals surface area contributed by atoms with Crippen molar-refractivity contribution in [3.05, 3.63) is 10.4 Å². The molecule has 1 aliphatic carbocycles. The smallest absolute Gasteiger partial charge is 0.265 e. The van der Waals surface area contributed by atoms with E-state index in [-0.39, 0.29) is 11.7 Å². The number of thiophene rings is 1. The molecule has 0 unspecified atom stereocenters. The van der Waals surface area contributed by atoms with Crippen LogP contribution in [0.3, 0.4) is 0 Å². The van der Waals surface area contributed by atoms with Gasteiger partial charge in [-0.3, -0.25) is 4.79 Å². The molecule has 0 bridgehead atoms. The summed E-state index contributed by atoms with van der Waals surface area (Å²) in [5.74, 6) is 0.340. The third-order valence-electron chi connectivity index (χ3n) is 3.33. The monoisotopic (exact) mass is 331 g/mol. The van der Waals surface area contributed by atoms with Gasteiger partial charge in [-0.1, -0.05) is 0 Å². The van der Waals surface area contributed by atoms with E-state index in [0.717, 1.165) is 23.4 Å². The normalized spacial score (nSPS) is 15.0. The molecule has 0 radical (unpaired) electrons. The van der Waals surface area contributed by atoms with Gasteiger partial charge in [0, 0.05) is 32.5 Å². The van der Waals surface area contributed by atoms with Gasteiger partial charge in [0.1, 0.15) is 14.7 Å². The minimum Gasteiger partial charge on any atom is -0.397 e. The van der Waals surface area contributed by atoms with Crippen LogP contribution in [-0.2, 0) is 9.84 Å². The summed E-state index contributed by atoms with van der Waals surface area (Å²) < 4.78 is 22.4. The molecule has 1 fully saturated rings. The Morgan fingerprint density at radius 2 is 2.05 bits per heavy atom. The Hall–Kier alpha value is -1.28. The summed E-state index contributed by atoms with van der Waals surface area (Å²) >= 11 is 1.32. The largest absolute Gasteiger partial charge is 0.397 e. The molecular formula is C13H21N3O3S2. The van der Waals surface area contributed by atoms with E-state index in [2.05, 4.69) is 5.32 Å². The first-order valence-electron chi connectivity index (χ1n) is 6.76. The lowest BCUT2D eigenvalue weighted by atomic mass is 10.1. The number of amides is 1. The van der Waals surface area contributed by atoms with Gasteiger partial charge in [-0.2, -0.15) is 0 Å². The van der Waals surface area contributed by atoms with Gasteiger partial charge in [0.2, 0.25) is 0 Å². The highest BCUT2D eigenvalue weighted by molar-refractivity contribution is 7.90. The molecule has 0 aliphatic heterocycles. The van der Waals surface area contributed by atoms with Gasteiger partial charge in [-0.15, -0.1) is 11.3 Å². The molecule has 21 heavy (non-hydrogen) atoms. The average Bonchev–Trinajstić information content (AvgIpc) is 3.12. The highest BCUT2D eigenvalue weighted by Gasteiger charge is 2.33. The molecule has 2 rings (SSSR count). The van der Waals surface area contributed by atoms with Crippen molar-refractivity contribution in [3.63, 3.8) is 0 Å². The van der Waals surface area contributed by atoms with Crippen LogP contribution in [0.1, 0.15) is 34.0 Å². The number of anilines is 2. The minimum atomic E-state index is -3.01. The molecule has 1 saturated carbocycles. The zero-order chi connectivity index (χ0) is 15.8. The third-order valence-corrected chi connectivity index (χ3v) is 5.44. The molecule has 1 heterocycles. The van der Waals surface area contributed by atoms with Crippen LogP contribution >= 0.6 is 11.3 Å². The van der Waals surface area contributed by atoms with Crippen molar-refractivity contribution < 1.29 is 13.2 Å². The molecule has 1 aliphatic rings. The predicted octanol–water partition coefficient (Wildman–Crippen LogP) is 1.37. The summed E-state index contributed by atoms with van der Waals surface area (Å²) in [5, 5.41) is 3.97. The molecule has 1 aromatic rings. The maximum Gasteiger partial charge on any atom is 0.265 e. The molecule has 6 nitrogen and oxygen atoms in total. The number of nitrogens with zero attached hydrogens (tertiary/aromatic N) is 1. The fraction of sp³-hybridized carbons (Fsp3) is 0.615. The van der Waals surface area contributed by atoms with Gasteiger partial charge in [-0.05, 0) is 18.8 Å². The Morgan fingerprint density at radius 3 is 2.52 bits per heavy atom. The van der Waals surface area contributed by atoms with Crippen LogP contribution in [0.5, 0.6) is 0 Å². The number of carbonyl (C=O) groups is 1. The summed E-state index contributed by atoms with van der Waals surface area (Å²) in [6.45, 7) is 0.327. The molecule has 0 atom stereocenters. The van der Waals surface area contributed by atoms with E-state index in [4.69, 9.17) is 5.73 Å². The zero-order valence-electron chi connectivity index (χ0n) is 12.5. The van der Waals surface area contributed by atoms with E-state index in [1.807, 2.05) is 0 Å². The van der Waals surface area contributed by atoms with Crippen LogP contribution in [-0.4, -0.2) is 51.9 Å². The number of nitrogen functional groups attached to an aromatic ring is 1. The Balaban J connectivity index is 2.23. The van der Waals surface area contributed by atoms with Crippen molar-refractivity contribution in [3.8, 4) is 0 Å². The number of rotatable bonds is 6. The summed E-state index contributed by atoms with van der Waals surface area (Å²) in [4.78, 5) is 14.2. The maximum absolute atomic E-state index is 12.1. The van der Waals surface area contributed by atoms with Crippen LogP contribution in [0.15, 0.2) is 0 Å². The Labute approximate surface area is 129 Å². The quantitative estimate of drug-likeness (QED) is 0.821. The van der Waals surface area contributed by atoms with E-state index in [1.165, 1.54) is 22.5 Å². The van der Waals surface area contributed by atoms with Crippen LogP contribution in [0, 0.1) is 0 Å². The van der Waals surface area contributed by atoms with Gasteiger partial charge >= 0.3 is 0 Å². The Bertz CT molecular complexity index is 646. The fourth-order valence-electron chi connectivity index (χ4n) is 2.08. The van der Waals surface area contributed by atoms with Crippen LogP contribution in [0.25, 0.3) is 0 Å². The van der Waals surface area contributed by atoms with E-state index >= 15 is 0 Å². The molecule has 0 spiro atoms.